The highest BCUT2D eigenvalue weighted by Crippen LogP contribution is 2.26. The molecule has 1 aliphatic rings. The summed E-state index contributed by atoms with van der Waals surface area (Å²) in [5, 5.41) is 6.29. The summed E-state index contributed by atoms with van der Waals surface area (Å²) >= 11 is 0. The molecule has 0 aromatic carbocycles. The second-order valence-corrected chi connectivity index (χ2v) is 7.32. The highest BCUT2D eigenvalue weighted by atomic mass is 16.6. The molecule has 18 heavy (non-hydrogen) atoms. The third-order valence-corrected chi connectivity index (χ3v) is 3.17. The Kier molecular flexibility index (Phi) is 4.65. The second-order valence-electron chi connectivity index (χ2n) is 7.32. The zero-order chi connectivity index (χ0) is 14.0. The van der Waals surface area contributed by atoms with Crippen molar-refractivity contribution in [3.05, 3.63) is 0 Å². The van der Waals surface area contributed by atoms with Gasteiger partial charge in [-0.1, -0.05) is 20.8 Å². The molecular formula is C14H28N2O2. The molecule has 1 saturated heterocycles. The summed E-state index contributed by atoms with van der Waals surface area (Å²) in [5.41, 5.74) is -0.392. The lowest BCUT2D eigenvalue weighted by molar-refractivity contribution is 0.0443. The van der Waals surface area contributed by atoms with Crippen molar-refractivity contribution in [2.24, 2.45) is 11.3 Å². The Hall–Kier alpha value is -0.770. The zero-order valence-corrected chi connectivity index (χ0v) is 12.6. The van der Waals surface area contributed by atoms with Crippen molar-refractivity contribution < 1.29 is 9.53 Å². The molecule has 1 fully saturated rings. The van der Waals surface area contributed by atoms with Gasteiger partial charge in [-0.25, -0.2) is 4.79 Å². The molecule has 1 heterocycles. The molecule has 106 valence electrons. The SMILES string of the molecule is CC(C)(C)OC(=O)NC(CC1CNC1)C(C)(C)C. The van der Waals surface area contributed by atoms with Crippen LogP contribution in [-0.4, -0.2) is 30.8 Å². The fourth-order valence-electron chi connectivity index (χ4n) is 1.93. The van der Waals surface area contributed by atoms with Crippen molar-refractivity contribution in [2.45, 2.75) is 59.6 Å². The quantitative estimate of drug-likeness (QED) is 0.816. The van der Waals surface area contributed by atoms with Gasteiger partial charge in [-0.2, -0.15) is 0 Å². The summed E-state index contributed by atoms with van der Waals surface area (Å²) < 4.78 is 5.33. The van der Waals surface area contributed by atoms with Gasteiger partial charge >= 0.3 is 6.09 Å². The molecule has 1 atom stereocenters. The Balaban J connectivity index is 2.52. The van der Waals surface area contributed by atoms with Crippen LogP contribution in [0.1, 0.15) is 48.0 Å². The molecule has 1 rings (SSSR count). The molecule has 1 amide bonds. The van der Waals surface area contributed by atoms with Crippen molar-refractivity contribution >= 4 is 6.09 Å². The van der Waals surface area contributed by atoms with Crippen LogP contribution in [0.25, 0.3) is 0 Å². The first-order chi connectivity index (χ1) is 8.08. The fraction of sp³-hybridized carbons (Fsp3) is 0.929. The number of carbonyl (C=O) groups is 1. The van der Waals surface area contributed by atoms with E-state index in [0.717, 1.165) is 19.5 Å². The van der Waals surface area contributed by atoms with Crippen LogP contribution in [0.5, 0.6) is 0 Å². The molecule has 0 bridgehead atoms. The van der Waals surface area contributed by atoms with Crippen LogP contribution in [0, 0.1) is 11.3 Å². The highest BCUT2D eigenvalue weighted by molar-refractivity contribution is 5.68. The first-order valence-electron chi connectivity index (χ1n) is 6.78. The van der Waals surface area contributed by atoms with Gasteiger partial charge in [0.1, 0.15) is 5.60 Å². The molecule has 0 aromatic rings. The zero-order valence-electron chi connectivity index (χ0n) is 12.6. The van der Waals surface area contributed by atoms with Gasteiger partial charge in [0.05, 0.1) is 0 Å². The Bertz CT molecular complexity index is 285. The molecule has 0 radical (unpaired) electrons. The van der Waals surface area contributed by atoms with E-state index in [1.807, 2.05) is 20.8 Å². The Morgan fingerprint density at radius 3 is 2.17 bits per heavy atom. The number of nitrogens with one attached hydrogen (secondary N) is 2. The van der Waals surface area contributed by atoms with Gasteiger partial charge in [-0.05, 0) is 51.6 Å². The van der Waals surface area contributed by atoms with E-state index in [1.54, 1.807) is 0 Å². The van der Waals surface area contributed by atoms with Gasteiger partial charge in [-0.3, -0.25) is 0 Å². The standard InChI is InChI=1S/C14H28N2O2/c1-13(2,3)11(7-10-8-15-9-10)16-12(17)18-14(4,5)6/h10-11,15H,7-9H2,1-6H3,(H,16,17). The highest BCUT2D eigenvalue weighted by Gasteiger charge is 2.32. The molecule has 0 aromatic heterocycles. The van der Waals surface area contributed by atoms with Gasteiger partial charge < -0.3 is 15.4 Å². The van der Waals surface area contributed by atoms with Gasteiger partial charge in [0.25, 0.3) is 0 Å². The number of amides is 1. The lowest BCUT2D eigenvalue weighted by atomic mass is 9.80. The van der Waals surface area contributed by atoms with Crippen molar-refractivity contribution in [2.75, 3.05) is 13.1 Å². The number of ether oxygens (including phenoxy) is 1. The van der Waals surface area contributed by atoms with Crippen LogP contribution >= 0.6 is 0 Å². The minimum Gasteiger partial charge on any atom is -0.444 e. The smallest absolute Gasteiger partial charge is 0.407 e. The van der Waals surface area contributed by atoms with Crippen LogP contribution < -0.4 is 10.6 Å². The Morgan fingerprint density at radius 1 is 1.28 bits per heavy atom. The molecule has 1 aliphatic heterocycles. The lowest BCUT2D eigenvalue weighted by Gasteiger charge is -2.37. The van der Waals surface area contributed by atoms with E-state index in [2.05, 4.69) is 31.4 Å². The van der Waals surface area contributed by atoms with E-state index in [9.17, 15) is 4.79 Å². The van der Waals surface area contributed by atoms with E-state index >= 15 is 0 Å². The van der Waals surface area contributed by atoms with E-state index in [4.69, 9.17) is 4.74 Å². The number of alkyl carbamates (subject to hydrolysis) is 1. The summed E-state index contributed by atoms with van der Waals surface area (Å²) in [6.07, 6.45) is 0.699. The summed E-state index contributed by atoms with van der Waals surface area (Å²) in [5.74, 6) is 0.671. The third kappa shape index (κ3) is 5.25. The van der Waals surface area contributed by atoms with Crippen molar-refractivity contribution in [1.82, 2.24) is 10.6 Å². The largest absolute Gasteiger partial charge is 0.444 e. The van der Waals surface area contributed by atoms with E-state index in [-0.39, 0.29) is 17.6 Å². The van der Waals surface area contributed by atoms with Crippen LogP contribution in [0.15, 0.2) is 0 Å². The number of hydrogen-bond acceptors (Lipinski definition) is 3. The maximum atomic E-state index is 11.9. The maximum absolute atomic E-state index is 11.9. The van der Waals surface area contributed by atoms with E-state index < -0.39 is 5.60 Å². The van der Waals surface area contributed by atoms with Crippen molar-refractivity contribution in [1.29, 1.82) is 0 Å². The lowest BCUT2D eigenvalue weighted by Crippen LogP contribution is -2.51. The Labute approximate surface area is 111 Å². The Morgan fingerprint density at radius 2 is 1.83 bits per heavy atom. The average molecular weight is 256 g/mol. The van der Waals surface area contributed by atoms with Crippen molar-refractivity contribution in [3.8, 4) is 0 Å². The van der Waals surface area contributed by atoms with Crippen LogP contribution in [-0.2, 0) is 4.74 Å². The topological polar surface area (TPSA) is 50.4 Å². The molecule has 0 aliphatic carbocycles. The van der Waals surface area contributed by atoms with Crippen LogP contribution in [0.4, 0.5) is 4.79 Å². The predicted molar refractivity (Wildman–Crippen MR) is 73.6 cm³/mol. The monoisotopic (exact) mass is 256 g/mol. The fourth-order valence-corrected chi connectivity index (χ4v) is 1.93. The molecular weight excluding hydrogens is 228 g/mol. The molecule has 4 nitrogen and oxygen atoms in total. The summed E-state index contributed by atoms with van der Waals surface area (Å²) in [6.45, 7) is 14.2. The van der Waals surface area contributed by atoms with Crippen LogP contribution in [0.2, 0.25) is 0 Å². The van der Waals surface area contributed by atoms with E-state index in [1.165, 1.54) is 0 Å². The average Bonchev–Trinajstić information content (AvgIpc) is 2.03. The number of carbonyl (C=O) groups excluding carboxylic acids is 1. The molecule has 2 N–H and O–H groups in total. The number of hydrogen-bond donors (Lipinski definition) is 2. The minimum absolute atomic E-state index is 0.0481. The first kappa shape index (κ1) is 15.3. The van der Waals surface area contributed by atoms with Gasteiger partial charge in [-0.15, -0.1) is 0 Å². The predicted octanol–water partition coefficient (Wildman–Crippen LogP) is 2.54. The van der Waals surface area contributed by atoms with Gasteiger partial charge in [0, 0.05) is 6.04 Å². The first-order valence-corrected chi connectivity index (χ1v) is 6.78. The summed E-state index contributed by atoms with van der Waals surface area (Å²) in [4.78, 5) is 11.9. The maximum Gasteiger partial charge on any atom is 0.407 e. The van der Waals surface area contributed by atoms with E-state index in [0.29, 0.717) is 5.92 Å². The second kappa shape index (κ2) is 5.47. The van der Waals surface area contributed by atoms with Gasteiger partial charge in [0.2, 0.25) is 0 Å². The van der Waals surface area contributed by atoms with Crippen LogP contribution in [0.3, 0.4) is 0 Å². The number of rotatable bonds is 3. The minimum atomic E-state index is -0.440. The summed E-state index contributed by atoms with van der Waals surface area (Å²) in [7, 11) is 0. The molecule has 0 saturated carbocycles. The summed E-state index contributed by atoms with van der Waals surface area (Å²) in [6, 6.07) is 0.152. The third-order valence-electron chi connectivity index (χ3n) is 3.17. The molecule has 0 spiro atoms. The normalized spacial score (nSPS) is 19.0. The molecule has 4 heteroatoms. The van der Waals surface area contributed by atoms with Crippen molar-refractivity contribution in [3.63, 3.8) is 0 Å². The molecule has 1 unspecified atom stereocenters. The van der Waals surface area contributed by atoms with Gasteiger partial charge in [0.15, 0.2) is 0 Å².